The fourth-order valence-electron chi connectivity index (χ4n) is 20.0. The second kappa shape index (κ2) is 47.8. The number of aryl methyl sites for hydroxylation is 9. The molecule has 7 heterocycles. The van der Waals surface area contributed by atoms with Gasteiger partial charge in [-0.05, 0) is 232 Å². The summed E-state index contributed by atoms with van der Waals surface area (Å²) in [4.78, 5) is 60.7. The first-order chi connectivity index (χ1) is 71.7. The number of aromatic nitrogens is 10. The van der Waals surface area contributed by atoms with Gasteiger partial charge in [0.2, 0.25) is 22.5 Å². The van der Waals surface area contributed by atoms with E-state index in [1.54, 1.807) is 30.0 Å². The lowest BCUT2D eigenvalue weighted by molar-refractivity contribution is -0.123. The van der Waals surface area contributed by atoms with Crippen LogP contribution in [0.25, 0.3) is 44.1 Å². The molecule has 1 unspecified atom stereocenters. The molecule has 22 heteroatoms. The number of carbonyl (C=O) groups is 4. The lowest BCUT2D eigenvalue weighted by Crippen LogP contribution is -2.30. The van der Waals surface area contributed by atoms with E-state index in [4.69, 9.17) is 5.41 Å². The molecule has 6 aromatic heterocycles. The first kappa shape index (κ1) is 103. The third kappa shape index (κ3) is 25.2. The number of azo groups is 1. The number of alkyl halides is 1. The van der Waals surface area contributed by atoms with Gasteiger partial charge in [0.1, 0.15) is 0 Å². The van der Waals surface area contributed by atoms with Crippen LogP contribution in [0.4, 0.5) is 10.1 Å². The van der Waals surface area contributed by atoms with Gasteiger partial charge in [-0.25, -0.2) is 9.37 Å². The van der Waals surface area contributed by atoms with Crippen LogP contribution in [0.2, 0.25) is 0 Å². The molecule has 0 spiro atoms. The summed E-state index contributed by atoms with van der Waals surface area (Å²) in [6.07, 6.45) is 8.53. The Morgan fingerprint density at radius 2 is 0.595 bits per heavy atom. The van der Waals surface area contributed by atoms with E-state index in [1.165, 1.54) is 79.5 Å². The number of Topliss-reactive ketones (excluding diaryl/α,β-unsaturated/α-hetero) is 4. The first-order valence-electron chi connectivity index (χ1n) is 51.2. The second-order valence-electron chi connectivity index (χ2n) is 39.6. The maximum atomic E-state index is 13.6. The van der Waals surface area contributed by atoms with Crippen molar-refractivity contribution in [2.24, 2.45) is 10.2 Å². The minimum absolute atomic E-state index is 0.0310. The van der Waals surface area contributed by atoms with Crippen molar-refractivity contribution < 1.29 is 23.6 Å². The number of imidazole rings is 4. The van der Waals surface area contributed by atoms with Crippen LogP contribution in [0.1, 0.15) is 213 Å². The molecule has 4 N–H and O–H groups in total. The summed E-state index contributed by atoms with van der Waals surface area (Å²) < 4.78 is 30.3. The number of ketones is 4. The number of rotatable bonds is 36. The monoisotopic (exact) mass is 1980 g/mol. The number of benzene rings is 13. The molecule has 5 atom stereocenters. The highest BCUT2D eigenvalue weighted by atomic mass is 32.1. The van der Waals surface area contributed by atoms with Crippen LogP contribution in [0, 0.1) is 84.0 Å². The third-order valence-electron chi connectivity index (χ3n) is 28.4. The molecular formula is C126H129FN16O4S. The van der Waals surface area contributed by atoms with Gasteiger partial charge in [0.25, 0.3) is 0 Å². The van der Waals surface area contributed by atoms with Crippen LogP contribution >= 0.6 is 11.3 Å². The normalized spacial score (nSPS) is 12.6. The molecule has 148 heavy (non-hydrogen) atoms. The van der Waals surface area contributed by atoms with Gasteiger partial charge in [-0.3, -0.25) is 45.8 Å². The Balaban J connectivity index is 0.000000135. The SMILES string of the molecule is Cc1ccc(C[C@@H](CCC(=O)C(C)F)n2c(=N)n(Cc3ccc(C)cc3)c3ccccc32)cc1.Cc1ccc(C[C@@H](CCC(=O)c2ccc3c(c2)N=NC3)n2c(=N)n(Cc3ccc(C)cc3)c3ccccc32)cc1.Cc1ccc(C[C@@H](CCC(=O)c2ccncc2)n2c(=N)n(Cc3ccc(C)cc3)c3ccccc32)cc1.Cc1ccc(C[C@@H](CCC(=O)c2scnc2C)n2c(=N)n(Cc3ccc(C)cc3)c3ccccc32)cc1. The Kier molecular flexibility index (Phi) is 33.4. The van der Waals surface area contributed by atoms with Crippen LogP contribution in [0.5, 0.6) is 0 Å². The highest BCUT2D eigenvalue weighted by Gasteiger charge is 2.29. The summed E-state index contributed by atoms with van der Waals surface area (Å²) in [6.45, 7) is 22.9. The molecule has 1 aliphatic rings. The van der Waals surface area contributed by atoms with Crippen molar-refractivity contribution >= 4 is 84.3 Å². The van der Waals surface area contributed by atoms with Gasteiger partial charge in [-0.2, -0.15) is 10.2 Å². The van der Waals surface area contributed by atoms with Gasteiger partial charge >= 0.3 is 0 Å². The lowest BCUT2D eigenvalue weighted by Gasteiger charge is -2.20. The quantitative estimate of drug-likeness (QED) is 0.0278. The smallest absolute Gasteiger partial charge is 0.203 e. The van der Waals surface area contributed by atoms with E-state index in [1.807, 2.05) is 94.9 Å². The molecule has 0 amide bonds. The minimum atomic E-state index is -1.47. The zero-order valence-corrected chi connectivity index (χ0v) is 86.8. The van der Waals surface area contributed by atoms with Crippen molar-refractivity contribution in [2.75, 3.05) is 0 Å². The average molecular weight is 1980 g/mol. The van der Waals surface area contributed by atoms with Gasteiger partial charge in [-0.1, -0.05) is 299 Å². The van der Waals surface area contributed by atoms with Crippen molar-refractivity contribution in [3.63, 3.8) is 0 Å². The largest absolute Gasteiger partial charge is 0.307 e. The van der Waals surface area contributed by atoms with E-state index in [0.29, 0.717) is 118 Å². The van der Waals surface area contributed by atoms with Crippen molar-refractivity contribution in [3.05, 3.63) is 478 Å². The molecular weight excluding hydrogens is 1850 g/mol. The summed E-state index contributed by atoms with van der Waals surface area (Å²) in [5, 5.41) is 45.3. The topological polar surface area (TPSA) is 254 Å². The van der Waals surface area contributed by atoms with E-state index in [9.17, 15) is 39.8 Å². The van der Waals surface area contributed by atoms with Gasteiger partial charge in [0, 0.05) is 78.9 Å². The summed E-state index contributed by atoms with van der Waals surface area (Å²) in [5.74, 6) is -0.0602. The van der Waals surface area contributed by atoms with Crippen LogP contribution < -0.4 is 22.5 Å². The fourth-order valence-corrected chi connectivity index (χ4v) is 20.8. The molecule has 20 nitrogen and oxygen atoms in total. The molecule has 750 valence electrons. The standard InChI is InChI=1S/C34H33N5O.C32H32N4O.C31H32N4OS.C29H32FN3O/c1-23-7-11-25(12-8-23)19-29(17-18-33(40)27-15-16-28-21-36-37-30(28)20-27)39-32-6-4-3-5-31(32)38(34(39)35)22-26-13-9-24(2)10-14-26;1-23-7-11-25(12-8-23)21-28(15-16-31(37)27-17-19-34-20-18-27)36-30-6-4-3-5-29(30)35(32(36)33)22-26-13-9-24(2)10-14-26;1-21-8-12-24(13-9-21)18-26(16-17-29(36)30-23(3)33-20-37-30)35-28-7-5-4-6-27(28)34(31(35)32)19-25-14-10-22(2)11-15-25;1-20-8-12-23(13-9-20)18-25(16-17-28(34)22(3)30)33-27-7-5-4-6-26(27)32(29(33)31)19-24-14-10-21(2)11-15-24/h3-16,20,29,35H,17-19,21-22H2,1-2H3;3-14,17-20,28,33H,15-16,21-22H2,1-2H3;4-15,20,26,32H,16-19H2,1-3H3;4-15,22,25,31H,16-19H2,1-3H3/t29-;28-;26-;22?,25-/m1111/s1. The van der Waals surface area contributed by atoms with Crippen LogP contribution in [-0.2, 0) is 63.2 Å². The summed E-state index contributed by atoms with van der Waals surface area (Å²) in [5.41, 5.74) is 34.7. The molecule has 1 aliphatic heterocycles. The molecule has 19 aromatic rings. The van der Waals surface area contributed by atoms with Gasteiger partial charge in [-0.15, -0.1) is 11.3 Å². The molecule has 20 rings (SSSR count). The third-order valence-corrected chi connectivity index (χ3v) is 29.4. The van der Waals surface area contributed by atoms with E-state index >= 15 is 0 Å². The summed E-state index contributed by atoms with van der Waals surface area (Å²) in [6, 6.07) is 110. The Hall–Kier alpha value is -16.1. The van der Waals surface area contributed by atoms with Gasteiger partial charge < -0.3 is 36.5 Å². The number of hydrogen-bond donors (Lipinski definition) is 4. The highest BCUT2D eigenvalue weighted by Crippen LogP contribution is 2.35. The number of para-hydroxylation sites is 8. The maximum Gasteiger partial charge on any atom is 0.203 e. The number of carbonyl (C=O) groups excluding carboxylic acids is 4. The number of nitrogens with one attached hydrogen (secondary N) is 4. The predicted octanol–water partition coefficient (Wildman–Crippen LogP) is 26.9. The number of nitrogens with zero attached hydrogens (tertiary/aromatic N) is 12. The van der Waals surface area contributed by atoms with Crippen LogP contribution in [-0.4, -0.2) is 75.8 Å². The molecule has 13 aromatic carbocycles. The van der Waals surface area contributed by atoms with E-state index in [2.05, 4.69) is 334 Å². The number of thiazole rings is 1. The van der Waals surface area contributed by atoms with Crippen LogP contribution in [0.15, 0.2) is 350 Å². The molecule has 0 aliphatic carbocycles. The van der Waals surface area contributed by atoms with E-state index in [-0.39, 0.29) is 53.7 Å². The van der Waals surface area contributed by atoms with E-state index in [0.717, 1.165) is 113 Å². The molecule has 0 saturated heterocycles. The predicted molar refractivity (Wildman–Crippen MR) is 591 cm³/mol. The van der Waals surface area contributed by atoms with Crippen molar-refractivity contribution in [1.29, 1.82) is 21.6 Å². The number of pyridine rings is 1. The van der Waals surface area contributed by atoms with Crippen molar-refractivity contribution in [3.8, 4) is 0 Å². The Morgan fingerprint density at radius 1 is 0.324 bits per heavy atom. The van der Waals surface area contributed by atoms with Gasteiger partial charge in [0.15, 0.2) is 29.3 Å². The van der Waals surface area contributed by atoms with Crippen molar-refractivity contribution in [2.45, 2.75) is 209 Å². The fraction of sp³-hybridized carbons (Fsp3) is 0.254. The Bertz CT molecular complexity index is 8180. The first-order valence-corrected chi connectivity index (χ1v) is 52.1. The summed E-state index contributed by atoms with van der Waals surface area (Å²) >= 11 is 1.41. The Labute approximate surface area is 868 Å². The lowest BCUT2D eigenvalue weighted by atomic mass is 9.97. The minimum Gasteiger partial charge on any atom is -0.307 e. The maximum absolute atomic E-state index is 13.6. The van der Waals surface area contributed by atoms with Crippen molar-refractivity contribution in [1.82, 2.24) is 46.5 Å². The van der Waals surface area contributed by atoms with Crippen LogP contribution in [0.3, 0.4) is 0 Å². The second-order valence-corrected chi connectivity index (χ2v) is 40.5. The zero-order chi connectivity index (χ0) is 104. The molecule has 0 fully saturated rings. The zero-order valence-electron chi connectivity index (χ0n) is 86.0. The van der Waals surface area contributed by atoms with E-state index < -0.39 is 6.17 Å². The molecule has 0 radical (unpaired) electrons. The highest BCUT2D eigenvalue weighted by molar-refractivity contribution is 7.12. The number of halogens is 1. The Morgan fingerprint density at radius 3 is 0.878 bits per heavy atom. The number of fused-ring (bicyclic) bond motifs is 5. The molecule has 0 bridgehead atoms. The number of hydrogen-bond acceptors (Lipinski definition) is 13. The summed E-state index contributed by atoms with van der Waals surface area (Å²) in [7, 11) is 0. The molecule has 0 saturated carbocycles. The average Bonchev–Trinajstić information content (AvgIpc) is 1.62. The van der Waals surface area contributed by atoms with Gasteiger partial charge in [0.05, 0.1) is 98.6 Å².